The van der Waals surface area contributed by atoms with Crippen LogP contribution in [-0.4, -0.2) is 29.7 Å². The summed E-state index contributed by atoms with van der Waals surface area (Å²) in [4.78, 5) is 18.3. The molecular formula is C14H26N2O. The van der Waals surface area contributed by atoms with Gasteiger partial charge >= 0.3 is 0 Å². The molecule has 0 fully saturated rings. The van der Waals surface area contributed by atoms with Crippen LogP contribution in [0.1, 0.15) is 65.2 Å². The summed E-state index contributed by atoms with van der Waals surface area (Å²) in [5.74, 6) is 1.33. The highest BCUT2D eigenvalue weighted by molar-refractivity contribution is 5.99. The molecule has 17 heavy (non-hydrogen) atoms. The topological polar surface area (TPSA) is 32.7 Å². The first kappa shape index (κ1) is 14.2. The lowest BCUT2D eigenvalue weighted by Crippen LogP contribution is -2.41. The van der Waals surface area contributed by atoms with Crippen LogP contribution < -0.4 is 0 Å². The number of amides is 1. The smallest absolute Gasteiger partial charge is 0.229 e. The van der Waals surface area contributed by atoms with Gasteiger partial charge in [0.15, 0.2) is 0 Å². The van der Waals surface area contributed by atoms with Gasteiger partial charge < -0.3 is 4.90 Å². The van der Waals surface area contributed by atoms with Gasteiger partial charge in [-0.1, -0.05) is 39.5 Å². The molecule has 1 rings (SSSR count). The van der Waals surface area contributed by atoms with Crippen molar-refractivity contribution in [3.63, 3.8) is 0 Å². The molecule has 0 aromatic carbocycles. The predicted molar refractivity (Wildman–Crippen MR) is 72.3 cm³/mol. The number of carbonyl (C=O) groups is 1. The van der Waals surface area contributed by atoms with Crippen molar-refractivity contribution >= 4 is 11.7 Å². The molecule has 1 aliphatic rings. The zero-order chi connectivity index (χ0) is 12.5. The molecule has 0 N–H and O–H groups in total. The minimum Gasteiger partial charge on any atom is -0.301 e. The van der Waals surface area contributed by atoms with E-state index in [4.69, 9.17) is 0 Å². The Bertz CT molecular complexity index is 261. The standard InChI is InChI=1S/C14H26N2O/c1-3-5-7-9-13-15-11-10-14(17)16(13)12-8-6-4-2/h3-12H2,1-2H3. The van der Waals surface area contributed by atoms with Crippen molar-refractivity contribution in [3.8, 4) is 0 Å². The minimum atomic E-state index is 0.280. The first-order valence-electron chi connectivity index (χ1n) is 7.13. The summed E-state index contributed by atoms with van der Waals surface area (Å²) in [5, 5.41) is 0. The average molecular weight is 238 g/mol. The SMILES string of the molecule is CCCCCC1=NCCC(=O)N1CCCCC. The van der Waals surface area contributed by atoms with E-state index < -0.39 is 0 Å². The molecule has 0 bridgehead atoms. The maximum Gasteiger partial charge on any atom is 0.229 e. The van der Waals surface area contributed by atoms with Crippen molar-refractivity contribution in [1.29, 1.82) is 0 Å². The second-order valence-electron chi connectivity index (χ2n) is 4.76. The Morgan fingerprint density at radius 1 is 1.12 bits per heavy atom. The third-order valence-electron chi connectivity index (χ3n) is 3.22. The Morgan fingerprint density at radius 2 is 1.82 bits per heavy atom. The average Bonchev–Trinajstić information content (AvgIpc) is 2.33. The monoisotopic (exact) mass is 238 g/mol. The Labute approximate surface area is 105 Å². The molecule has 0 saturated carbocycles. The molecule has 3 nitrogen and oxygen atoms in total. The highest BCUT2D eigenvalue weighted by Crippen LogP contribution is 2.12. The van der Waals surface area contributed by atoms with Crippen molar-refractivity contribution in [2.24, 2.45) is 4.99 Å². The van der Waals surface area contributed by atoms with E-state index in [1.54, 1.807) is 0 Å². The Kier molecular flexibility index (Phi) is 6.90. The molecule has 0 spiro atoms. The second kappa shape index (κ2) is 8.26. The van der Waals surface area contributed by atoms with E-state index in [9.17, 15) is 4.79 Å². The molecular weight excluding hydrogens is 212 g/mol. The van der Waals surface area contributed by atoms with Crippen molar-refractivity contribution in [2.75, 3.05) is 13.1 Å². The van der Waals surface area contributed by atoms with E-state index in [0.717, 1.165) is 31.6 Å². The molecule has 1 amide bonds. The fraction of sp³-hybridized carbons (Fsp3) is 0.857. The van der Waals surface area contributed by atoms with E-state index in [0.29, 0.717) is 13.0 Å². The fourth-order valence-corrected chi connectivity index (χ4v) is 2.17. The van der Waals surface area contributed by atoms with Crippen LogP contribution >= 0.6 is 0 Å². The molecule has 0 unspecified atom stereocenters. The lowest BCUT2D eigenvalue weighted by molar-refractivity contribution is -0.127. The largest absolute Gasteiger partial charge is 0.301 e. The maximum atomic E-state index is 11.9. The van der Waals surface area contributed by atoms with E-state index in [2.05, 4.69) is 18.8 Å². The van der Waals surface area contributed by atoms with Gasteiger partial charge in [0, 0.05) is 25.9 Å². The van der Waals surface area contributed by atoms with Gasteiger partial charge in [0.05, 0.1) is 0 Å². The predicted octanol–water partition coefficient (Wildman–Crippen LogP) is 3.39. The van der Waals surface area contributed by atoms with Gasteiger partial charge in [-0.15, -0.1) is 0 Å². The van der Waals surface area contributed by atoms with Crippen LogP contribution in [0.3, 0.4) is 0 Å². The van der Waals surface area contributed by atoms with Crippen LogP contribution in [-0.2, 0) is 4.79 Å². The lowest BCUT2D eigenvalue weighted by atomic mass is 10.1. The third kappa shape index (κ3) is 4.88. The first-order chi connectivity index (χ1) is 8.29. The molecule has 0 aliphatic carbocycles. The van der Waals surface area contributed by atoms with Gasteiger partial charge in [-0.3, -0.25) is 9.79 Å². The van der Waals surface area contributed by atoms with E-state index in [1.807, 2.05) is 4.90 Å². The first-order valence-corrected chi connectivity index (χ1v) is 7.13. The molecule has 3 heteroatoms. The van der Waals surface area contributed by atoms with Crippen molar-refractivity contribution in [3.05, 3.63) is 0 Å². The fourth-order valence-electron chi connectivity index (χ4n) is 2.17. The summed E-state index contributed by atoms with van der Waals surface area (Å²) in [6.07, 6.45) is 8.69. The van der Waals surface area contributed by atoms with Crippen LogP contribution in [0.4, 0.5) is 0 Å². The molecule has 0 aromatic rings. The normalized spacial score (nSPS) is 16.2. The molecule has 1 aliphatic heterocycles. The Morgan fingerprint density at radius 3 is 2.53 bits per heavy atom. The zero-order valence-electron chi connectivity index (χ0n) is 11.4. The van der Waals surface area contributed by atoms with Crippen molar-refractivity contribution < 1.29 is 4.79 Å². The van der Waals surface area contributed by atoms with Gasteiger partial charge in [-0.05, 0) is 12.8 Å². The number of hydrogen-bond acceptors (Lipinski definition) is 2. The van der Waals surface area contributed by atoms with E-state index >= 15 is 0 Å². The molecule has 0 saturated heterocycles. The van der Waals surface area contributed by atoms with Crippen LogP contribution in [0.15, 0.2) is 4.99 Å². The van der Waals surface area contributed by atoms with Crippen LogP contribution in [0.25, 0.3) is 0 Å². The van der Waals surface area contributed by atoms with Crippen LogP contribution in [0, 0.1) is 0 Å². The molecule has 0 aromatic heterocycles. The maximum absolute atomic E-state index is 11.9. The lowest BCUT2D eigenvalue weighted by Gasteiger charge is -2.27. The van der Waals surface area contributed by atoms with Gasteiger partial charge in [0.1, 0.15) is 5.84 Å². The summed E-state index contributed by atoms with van der Waals surface area (Å²) in [5.41, 5.74) is 0. The van der Waals surface area contributed by atoms with Gasteiger partial charge in [-0.2, -0.15) is 0 Å². The molecule has 1 heterocycles. The summed E-state index contributed by atoms with van der Waals surface area (Å²) in [6, 6.07) is 0. The number of carbonyl (C=O) groups excluding carboxylic acids is 1. The van der Waals surface area contributed by atoms with Gasteiger partial charge in [0.25, 0.3) is 0 Å². The zero-order valence-corrected chi connectivity index (χ0v) is 11.4. The number of aliphatic imine (C=N–C) groups is 1. The highest BCUT2D eigenvalue weighted by Gasteiger charge is 2.21. The number of rotatable bonds is 8. The van der Waals surface area contributed by atoms with E-state index in [-0.39, 0.29) is 5.91 Å². The second-order valence-corrected chi connectivity index (χ2v) is 4.76. The summed E-state index contributed by atoms with van der Waals surface area (Å²) < 4.78 is 0. The summed E-state index contributed by atoms with van der Waals surface area (Å²) >= 11 is 0. The van der Waals surface area contributed by atoms with Gasteiger partial charge in [0.2, 0.25) is 5.91 Å². The molecule has 0 radical (unpaired) electrons. The minimum absolute atomic E-state index is 0.280. The van der Waals surface area contributed by atoms with Crippen molar-refractivity contribution in [1.82, 2.24) is 4.90 Å². The number of unbranched alkanes of at least 4 members (excludes halogenated alkanes) is 4. The third-order valence-corrected chi connectivity index (χ3v) is 3.22. The number of amidine groups is 1. The quantitative estimate of drug-likeness (QED) is 0.597. The van der Waals surface area contributed by atoms with Crippen LogP contribution in [0.5, 0.6) is 0 Å². The summed E-state index contributed by atoms with van der Waals surface area (Å²) in [6.45, 7) is 5.96. The van der Waals surface area contributed by atoms with Gasteiger partial charge in [-0.25, -0.2) is 0 Å². The highest BCUT2D eigenvalue weighted by atomic mass is 16.2. The molecule has 0 atom stereocenters. The Hall–Kier alpha value is -0.860. The molecule has 98 valence electrons. The Balaban J connectivity index is 2.44. The summed E-state index contributed by atoms with van der Waals surface area (Å²) in [7, 11) is 0. The van der Waals surface area contributed by atoms with Crippen molar-refractivity contribution in [2.45, 2.75) is 65.2 Å². The van der Waals surface area contributed by atoms with E-state index in [1.165, 1.54) is 25.7 Å². The number of nitrogens with zero attached hydrogens (tertiary/aromatic N) is 2. The number of hydrogen-bond donors (Lipinski definition) is 0. The van der Waals surface area contributed by atoms with Crippen LogP contribution in [0.2, 0.25) is 0 Å².